The van der Waals surface area contributed by atoms with Crippen LogP contribution >= 0.6 is 11.8 Å². The van der Waals surface area contributed by atoms with Crippen molar-refractivity contribution in [3.8, 4) is 0 Å². The molecule has 0 unspecified atom stereocenters. The van der Waals surface area contributed by atoms with Crippen LogP contribution in [0.25, 0.3) is 0 Å². The van der Waals surface area contributed by atoms with Gasteiger partial charge in [-0.1, -0.05) is 0 Å². The molecule has 0 saturated carbocycles. The van der Waals surface area contributed by atoms with Crippen molar-refractivity contribution in [2.24, 2.45) is 0 Å². The van der Waals surface area contributed by atoms with E-state index in [9.17, 15) is 19.7 Å². The summed E-state index contributed by atoms with van der Waals surface area (Å²) in [5, 5.41) is 10.9. The van der Waals surface area contributed by atoms with Crippen molar-refractivity contribution in [3.05, 3.63) is 33.9 Å². The predicted molar refractivity (Wildman–Crippen MR) is 72.5 cm³/mol. The SMILES string of the molecule is CCOC(=O)NNC(=O)c1cc(SC)ccc1[N+](=O)[O-]. The summed E-state index contributed by atoms with van der Waals surface area (Å²) in [7, 11) is 0. The van der Waals surface area contributed by atoms with Gasteiger partial charge in [-0.15, -0.1) is 11.8 Å². The van der Waals surface area contributed by atoms with Crippen molar-refractivity contribution in [2.45, 2.75) is 11.8 Å². The lowest BCUT2D eigenvalue weighted by Gasteiger charge is -2.08. The first kappa shape index (κ1) is 15.8. The number of hydrogen-bond donors (Lipinski definition) is 2. The van der Waals surface area contributed by atoms with Gasteiger partial charge in [0.15, 0.2) is 0 Å². The molecule has 0 aromatic heterocycles. The molecular formula is C11H13N3O5S. The van der Waals surface area contributed by atoms with Crippen LogP contribution in [-0.2, 0) is 4.74 Å². The van der Waals surface area contributed by atoms with Gasteiger partial charge in [-0.05, 0) is 25.3 Å². The molecule has 0 radical (unpaired) electrons. The number of rotatable bonds is 4. The zero-order valence-corrected chi connectivity index (χ0v) is 11.7. The summed E-state index contributed by atoms with van der Waals surface area (Å²) in [5.74, 6) is -0.791. The number of nitro groups is 1. The second-order valence-electron chi connectivity index (χ2n) is 3.44. The number of amides is 2. The zero-order chi connectivity index (χ0) is 15.1. The summed E-state index contributed by atoms with van der Waals surface area (Å²) in [6, 6.07) is 4.16. The average Bonchev–Trinajstić information content (AvgIpc) is 2.44. The average molecular weight is 299 g/mol. The maximum Gasteiger partial charge on any atom is 0.426 e. The molecule has 1 aromatic rings. The van der Waals surface area contributed by atoms with Gasteiger partial charge in [0.25, 0.3) is 11.6 Å². The van der Waals surface area contributed by atoms with Gasteiger partial charge in [0.1, 0.15) is 5.56 Å². The minimum atomic E-state index is -0.843. The Balaban J connectivity index is 2.90. The quantitative estimate of drug-likeness (QED) is 0.497. The third kappa shape index (κ3) is 4.12. The van der Waals surface area contributed by atoms with Crippen LogP contribution in [0.1, 0.15) is 17.3 Å². The number of thioether (sulfide) groups is 1. The smallest absolute Gasteiger partial charge is 0.426 e. The Morgan fingerprint density at radius 3 is 2.65 bits per heavy atom. The molecule has 9 heteroatoms. The van der Waals surface area contributed by atoms with Crippen molar-refractivity contribution in [3.63, 3.8) is 0 Å². The van der Waals surface area contributed by atoms with Crippen LogP contribution in [0.4, 0.5) is 10.5 Å². The Kier molecular flexibility index (Phi) is 5.78. The molecule has 8 nitrogen and oxygen atoms in total. The summed E-state index contributed by atoms with van der Waals surface area (Å²) in [4.78, 5) is 33.8. The molecule has 0 bridgehead atoms. The van der Waals surface area contributed by atoms with E-state index >= 15 is 0 Å². The van der Waals surface area contributed by atoms with Crippen LogP contribution in [0.2, 0.25) is 0 Å². The molecule has 2 N–H and O–H groups in total. The molecule has 0 fully saturated rings. The lowest BCUT2D eigenvalue weighted by molar-refractivity contribution is -0.385. The van der Waals surface area contributed by atoms with Crippen LogP contribution in [0.5, 0.6) is 0 Å². The maximum absolute atomic E-state index is 11.9. The Bertz CT molecular complexity index is 535. The van der Waals surface area contributed by atoms with Crippen LogP contribution in [-0.4, -0.2) is 29.8 Å². The minimum Gasteiger partial charge on any atom is -0.449 e. The molecule has 0 spiro atoms. The first-order valence-corrected chi connectivity index (χ1v) is 6.77. The topological polar surface area (TPSA) is 111 Å². The van der Waals surface area contributed by atoms with Gasteiger partial charge in [-0.25, -0.2) is 10.2 Å². The molecule has 0 aliphatic heterocycles. The Hall–Kier alpha value is -2.29. The second-order valence-corrected chi connectivity index (χ2v) is 4.32. The number of ether oxygens (including phenoxy) is 1. The molecule has 0 heterocycles. The first-order valence-electron chi connectivity index (χ1n) is 5.55. The van der Waals surface area contributed by atoms with E-state index in [0.717, 1.165) is 0 Å². The number of nitrogens with zero attached hydrogens (tertiary/aromatic N) is 1. The highest BCUT2D eigenvalue weighted by atomic mass is 32.2. The molecule has 20 heavy (non-hydrogen) atoms. The minimum absolute atomic E-state index is 0.140. The standard InChI is InChI=1S/C11H13N3O5S/c1-3-19-11(16)13-12-10(15)8-6-7(20-2)4-5-9(8)14(17)18/h4-6H,3H2,1-2H3,(H,12,15)(H,13,16). The molecule has 108 valence electrons. The van der Waals surface area contributed by atoms with E-state index in [1.807, 2.05) is 5.43 Å². The van der Waals surface area contributed by atoms with Crippen LogP contribution in [0, 0.1) is 10.1 Å². The molecular weight excluding hydrogens is 286 g/mol. The van der Waals surface area contributed by atoms with Crippen LogP contribution in [0.3, 0.4) is 0 Å². The summed E-state index contributed by atoms with van der Waals surface area (Å²) >= 11 is 1.34. The molecule has 1 rings (SSSR count). The number of nitro benzene ring substituents is 1. The number of carbonyl (C=O) groups excluding carboxylic acids is 2. The highest BCUT2D eigenvalue weighted by Crippen LogP contribution is 2.24. The summed E-state index contributed by atoms with van der Waals surface area (Å²) in [6.07, 6.45) is 0.934. The Morgan fingerprint density at radius 1 is 1.40 bits per heavy atom. The fourth-order valence-electron chi connectivity index (χ4n) is 1.33. The molecule has 0 saturated heterocycles. The van der Waals surface area contributed by atoms with Crippen molar-refractivity contribution < 1.29 is 19.2 Å². The molecule has 0 aliphatic rings. The van der Waals surface area contributed by atoms with Gasteiger partial charge in [0, 0.05) is 11.0 Å². The van der Waals surface area contributed by atoms with E-state index in [1.165, 1.54) is 23.9 Å². The monoisotopic (exact) mass is 299 g/mol. The number of hydrogen-bond acceptors (Lipinski definition) is 6. The third-order valence-corrected chi connectivity index (χ3v) is 2.92. The Morgan fingerprint density at radius 2 is 2.10 bits per heavy atom. The van der Waals surface area contributed by atoms with Crippen molar-refractivity contribution in [1.29, 1.82) is 0 Å². The van der Waals surface area contributed by atoms with Gasteiger partial charge in [0.05, 0.1) is 11.5 Å². The van der Waals surface area contributed by atoms with E-state index < -0.39 is 16.9 Å². The summed E-state index contributed by atoms with van der Waals surface area (Å²) in [5.41, 5.74) is 3.57. The number of nitrogens with one attached hydrogen (secondary N) is 2. The highest BCUT2D eigenvalue weighted by molar-refractivity contribution is 7.98. The van der Waals surface area contributed by atoms with Crippen LogP contribution < -0.4 is 10.9 Å². The molecule has 0 atom stereocenters. The predicted octanol–water partition coefficient (Wildman–Crippen LogP) is 1.71. The zero-order valence-electron chi connectivity index (χ0n) is 10.8. The first-order chi connectivity index (χ1) is 9.49. The normalized spacial score (nSPS) is 9.70. The van der Waals surface area contributed by atoms with Crippen molar-refractivity contribution in [2.75, 3.05) is 12.9 Å². The number of benzene rings is 1. The van der Waals surface area contributed by atoms with E-state index in [2.05, 4.69) is 10.2 Å². The fourth-order valence-corrected chi connectivity index (χ4v) is 1.77. The largest absolute Gasteiger partial charge is 0.449 e. The van der Waals surface area contributed by atoms with Gasteiger partial charge >= 0.3 is 6.09 Å². The van der Waals surface area contributed by atoms with E-state index in [4.69, 9.17) is 0 Å². The van der Waals surface area contributed by atoms with Crippen LogP contribution in [0.15, 0.2) is 23.1 Å². The fraction of sp³-hybridized carbons (Fsp3) is 0.273. The summed E-state index contributed by atoms with van der Waals surface area (Å²) < 4.78 is 4.55. The second kappa shape index (κ2) is 7.34. The van der Waals surface area contributed by atoms with E-state index in [1.54, 1.807) is 19.2 Å². The van der Waals surface area contributed by atoms with Gasteiger partial charge in [-0.3, -0.25) is 20.3 Å². The maximum atomic E-state index is 11.9. The summed E-state index contributed by atoms with van der Waals surface area (Å²) in [6.45, 7) is 1.75. The molecule has 1 aromatic carbocycles. The molecule has 2 amide bonds. The van der Waals surface area contributed by atoms with E-state index in [-0.39, 0.29) is 17.9 Å². The van der Waals surface area contributed by atoms with Gasteiger partial charge in [-0.2, -0.15) is 0 Å². The van der Waals surface area contributed by atoms with Crippen molar-refractivity contribution >= 4 is 29.4 Å². The molecule has 0 aliphatic carbocycles. The highest BCUT2D eigenvalue weighted by Gasteiger charge is 2.21. The van der Waals surface area contributed by atoms with Gasteiger partial charge < -0.3 is 4.74 Å². The Labute approximate surface area is 119 Å². The lowest BCUT2D eigenvalue weighted by atomic mass is 10.1. The number of hydrazine groups is 1. The van der Waals surface area contributed by atoms with Crippen molar-refractivity contribution in [1.82, 2.24) is 10.9 Å². The van der Waals surface area contributed by atoms with Gasteiger partial charge in [0.2, 0.25) is 0 Å². The third-order valence-electron chi connectivity index (χ3n) is 2.20. The van der Waals surface area contributed by atoms with E-state index in [0.29, 0.717) is 4.90 Å². The lowest BCUT2D eigenvalue weighted by Crippen LogP contribution is -2.42. The number of carbonyl (C=O) groups is 2.